The van der Waals surface area contributed by atoms with Gasteiger partial charge >= 0.3 is 0 Å². The summed E-state index contributed by atoms with van der Waals surface area (Å²) < 4.78 is 13.8. The maximum Gasteiger partial charge on any atom is 0.257 e. The van der Waals surface area contributed by atoms with E-state index in [1.165, 1.54) is 0 Å². The zero-order valence-electron chi connectivity index (χ0n) is 15.3. The van der Waals surface area contributed by atoms with E-state index in [0.717, 1.165) is 49.9 Å². The largest absolute Gasteiger partial charge is 0.351 e. The number of alkyl halides is 1. The minimum Gasteiger partial charge on any atom is -0.351 e. The van der Waals surface area contributed by atoms with E-state index < -0.39 is 11.6 Å². The third-order valence-electron chi connectivity index (χ3n) is 6.09. The summed E-state index contributed by atoms with van der Waals surface area (Å²) in [4.78, 5) is 30.7. The highest BCUT2D eigenvalue weighted by Crippen LogP contribution is 2.48. The molecular weight excluding hydrogens is 333 g/mol. The second-order valence-corrected chi connectivity index (χ2v) is 8.51. The minimum absolute atomic E-state index is 0.0618. The average molecular weight is 359 g/mol. The van der Waals surface area contributed by atoms with E-state index in [2.05, 4.69) is 10.3 Å². The molecule has 1 N–H and O–H groups in total. The number of rotatable bonds is 4. The molecule has 1 aliphatic heterocycles. The van der Waals surface area contributed by atoms with Gasteiger partial charge in [0.25, 0.3) is 5.91 Å². The van der Waals surface area contributed by atoms with E-state index in [1.54, 1.807) is 12.4 Å². The van der Waals surface area contributed by atoms with Crippen LogP contribution in [0.3, 0.4) is 0 Å². The summed E-state index contributed by atoms with van der Waals surface area (Å²) in [5.41, 5.74) is 0.512. The lowest BCUT2D eigenvalue weighted by molar-refractivity contribution is -0.138. The summed E-state index contributed by atoms with van der Waals surface area (Å²) >= 11 is 0. The summed E-state index contributed by atoms with van der Waals surface area (Å²) in [5.74, 6) is -0.294. The van der Waals surface area contributed by atoms with Crippen LogP contribution in [0.5, 0.6) is 0 Å². The van der Waals surface area contributed by atoms with Crippen LogP contribution in [0.2, 0.25) is 0 Å². The normalized spacial score (nSPS) is 29.2. The molecule has 2 amide bonds. The van der Waals surface area contributed by atoms with E-state index in [4.69, 9.17) is 0 Å². The topological polar surface area (TPSA) is 62.3 Å². The number of nitrogens with zero attached hydrogens (tertiary/aromatic N) is 2. The molecule has 2 heterocycles. The van der Waals surface area contributed by atoms with Crippen molar-refractivity contribution in [1.82, 2.24) is 15.2 Å². The lowest BCUT2D eigenvalue weighted by Gasteiger charge is -2.53. The van der Waals surface area contributed by atoms with Gasteiger partial charge in [0, 0.05) is 31.5 Å². The van der Waals surface area contributed by atoms with Crippen molar-refractivity contribution in [1.29, 1.82) is 0 Å². The van der Waals surface area contributed by atoms with Gasteiger partial charge < -0.3 is 10.2 Å². The summed E-state index contributed by atoms with van der Waals surface area (Å²) in [5, 5.41) is 2.85. The van der Waals surface area contributed by atoms with Gasteiger partial charge in [0.05, 0.1) is 6.42 Å². The number of halogens is 1. The molecule has 5 nitrogen and oxygen atoms in total. The van der Waals surface area contributed by atoms with Crippen molar-refractivity contribution >= 4 is 11.8 Å². The number of carbonyl (C=O) groups is 2. The second-order valence-electron chi connectivity index (χ2n) is 8.51. The van der Waals surface area contributed by atoms with Gasteiger partial charge in [0.15, 0.2) is 5.67 Å². The SMILES string of the molecule is Cc1cncc(CC(=O)N2CCCC3(CC(NC(=O)C4(F)CC4)C3)C2)c1. The number of aryl methyl sites for hydroxylation is 1. The highest BCUT2D eigenvalue weighted by molar-refractivity contribution is 5.88. The predicted octanol–water partition coefficient (Wildman–Crippen LogP) is 2.32. The molecule has 2 aliphatic carbocycles. The van der Waals surface area contributed by atoms with E-state index in [1.807, 2.05) is 17.9 Å². The Kier molecular flexibility index (Phi) is 4.24. The number of piperidine rings is 1. The summed E-state index contributed by atoms with van der Waals surface area (Å²) in [7, 11) is 0. The third kappa shape index (κ3) is 3.46. The van der Waals surface area contributed by atoms with Crippen molar-refractivity contribution in [2.45, 2.75) is 63.6 Å². The van der Waals surface area contributed by atoms with Crippen LogP contribution in [0.1, 0.15) is 49.7 Å². The van der Waals surface area contributed by atoms with Gasteiger partial charge in [-0.05, 0) is 62.0 Å². The van der Waals surface area contributed by atoms with Crippen LogP contribution in [0.4, 0.5) is 4.39 Å². The number of hydrogen-bond acceptors (Lipinski definition) is 3. The highest BCUT2D eigenvalue weighted by Gasteiger charge is 2.54. The summed E-state index contributed by atoms with van der Waals surface area (Å²) in [6, 6.07) is 2.07. The molecule has 1 spiro atoms. The van der Waals surface area contributed by atoms with Crippen LogP contribution in [0.15, 0.2) is 18.5 Å². The van der Waals surface area contributed by atoms with Crippen molar-refractivity contribution in [3.05, 3.63) is 29.6 Å². The maximum absolute atomic E-state index is 13.8. The van der Waals surface area contributed by atoms with Crippen molar-refractivity contribution in [3.63, 3.8) is 0 Å². The van der Waals surface area contributed by atoms with Crippen molar-refractivity contribution in [3.8, 4) is 0 Å². The van der Waals surface area contributed by atoms with Gasteiger partial charge in [0.2, 0.25) is 5.91 Å². The number of pyridine rings is 1. The van der Waals surface area contributed by atoms with Crippen molar-refractivity contribution in [2.75, 3.05) is 13.1 Å². The van der Waals surface area contributed by atoms with E-state index in [9.17, 15) is 14.0 Å². The molecule has 0 radical (unpaired) electrons. The summed E-state index contributed by atoms with van der Waals surface area (Å²) in [6.45, 7) is 3.52. The number of carbonyl (C=O) groups excluding carboxylic acids is 2. The molecule has 6 heteroatoms. The van der Waals surface area contributed by atoms with Gasteiger partial charge in [-0.3, -0.25) is 14.6 Å². The molecule has 1 aromatic heterocycles. The van der Waals surface area contributed by atoms with Crippen molar-refractivity contribution < 1.29 is 14.0 Å². The fourth-order valence-electron chi connectivity index (χ4n) is 4.49. The minimum atomic E-state index is -1.60. The second kappa shape index (κ2) is 6.32. The van der Waals surface area contributed by atoms with Crippen LogP contribution >= 0.6 is 0 Å². The van der Waals surface area contributed by atoms with Gasteiger partial charge in [0.1, 0.15) is 0 Å². The lowest BCUT2D eigenvalue weighted by Crippen LogP contribution is -2.59. The van der Waals surface area contributed by atoms with Crippen LogP contribution in [0, 0.1) is 12.3 Å². The fourth-order valence-corrected chi connectivity index (χ4v) is 4.49. The molecule has 0 bridgehead atoms. The van der Waals surface area contributed by atoms with E-state index in [-0.39, 0.29) is 17.4 Å². The van der Waals surface area contributed by atoms with Crippen LogP contribution in [-0.4, -0.2) is 46.5 Å². The number of aromatic nitrogens is 1. The van der Waals surface area contributed by atoms with Crippen LogP contribution in [-0.2, 0) is 16.0 Å². The molecule has 0 atom stereocenters. The number of amides is 2. The Morgan fingerprint density at radius 2 is 2.08 bits per heavy atom. The predicted molar refractivity (Wildman–Crippen MR) is 95.2 cm³/mol. The zero-order valence-corrected chi connectivity index (χ0v) is 15.3. The van der Waals surface area contributed by atoms with E-state index >= 15 is 0 Å². The first-order valence-electron chi connectivity index (χ1n) is 9.56. The molecular formula is C20H26FN3O2. The zero-order chi connectivity index (χ0) is 18.4. The lowest BCUT2D eigenvalue weighted by atomic mass is 9.61. The Balaban J connectivity index is 1.30. The van der Waals surface area contributed by atoms with Gasteiger partial charge in [-0.2, -0.15) is 0 Å². The molecule has 4 rings (SSSR count). The molecule has 140 valence electrons. The molecule has 0 unspecified atom stereocenters. The molecule has 0 aromatic carbocycles. The number of likely N-dealkylation sites (tertiary alicyclic amines) is 1. The van der Waals surface area contributed by atoms with Gasteiger partial charge in [-0.25, -0.2) is 4.39 Å². The monoisotopic (exact) mass is 359 g/mol. The first-order chi connectivity index (χ1) is 12.4. The Morgan fingerprint density at radius 1 is 1.31 bits per heavy atom. The molecule has 2 saturated carbocycles. The Bertz CT molecular complexity index is 726. The maximum atomic E-state index is 13.8. The molecule has 1 saturated heterocycles. The Morgan fingerprint density at radius 3 is 2.77 bits per heavy atom. The third-order valence-corrected chi connectivity index (χ3v) is 6.09. The smallest absolute Gasteiger partial charge is 0.257 e. The molecule has 1 aromatic rings. The van der Waals surface area contributed by atoms with E-state index in [0.29, 0.717) is 19.3 Å². The highest BCUT2D eigenvalue weighted by atomic mass is 19.1. The molecule has 26 heavy (non-hydrogen) atoms. The summed E-state index contributed by atoms with van der Waals surface area (Å²) in [6.07, 6.45) is 8.41. The Hall–Kier alpha value is -1.98. The quantitative estimate of drug-likeness (QED) is 0.897. The Labute approximate surface area is 153 Å². The number of hydrogen-bond donors (Lipinski definition) is 1. The van der Waals surface area contributed by atoms with Gasteiger partial charge in [-0.15, -0.1) is 0 Å². The molecule has 3 fully saturated rings. The fraction of sp³-hybridized carbons (Fsp3) is 0.650. The van der Waals surface area contributed by atoms with Crippen LogP contribution < -0.4 is 5.32 Å². The first-order valence-corrected chi connectivity index (χ1v) is 9.56. The first kappa shape index (κ1) is 17.4. The van der Waals surface area contributed by atoms with Crippen molar-refractivity contribution in [2.24, 2.45) is 5.41 Å². The van der Waals surface area contributed by atoms with Crippen LogP contribution in [0.25, 0.3) is 0 Å². The molecule has 3 aliphatic rings. The van der Waals surface area contributed by atoms with Gasteiger partial charge in [-0.1, -0.05) is 6.07 Å². The average Bonchev–Trinajstić information content (AvgIpc) is 3.33. The number of nitrogens with one attached hydrogen (secondary N) is 1. The standard InChI is InChI=1S/C20H26FN3O2/c1-14-7-15(12-22-11-14)8-17(25)24-6-2-3-19(13-24)9-16(10-19)23-18(26)20(21)4-5-20/h7,11-12,16H,2-6,8-10,13H2,1H3,(H,23,26).